The SMILES string of the molecule is COc1cccc(-c2cc3c(c(OC)c2)OCCN(C(=O)c2ccc(C)s2)C3)n1. The van der Waals surface area contributed by atoms with E-state index in [4.69, 9.17) is 14.2 Å². The third-order valence-electron chi connectivity index (χ3n) is 4.79. The van der Waals surface area contributed by atoms with Gasteiger partial charge in [0.15, 0.2) is 11.5 Å². The van der Waals surface area contributed by atoms with Crippen molar-refractivity contribution in [3.63, 3.8) is 0 Å². The van der Waals surface area contributed by atoms with Gasteiger partial charge in [0.2, 0.25) is 5.88 Å². The summed E-state index contributed by atoms with van der Waals surface area (Å²) in [5.74, 6) is 1.86. The van der Waals surface area contributed by atoms with Crippen LogP contribution in [0.5, 0.6) is 17.4 Å². The maximum atomic E-state index is 13.0. The molecular weight excluding hydrogens is 388 g/mol. The van der Waals surface area contributed by atoms with Gasteiger partial charge in [-0.3, -0.25) is 4.79 Å². The topological polar surface area (TPSA) is 60.9 Å². The maximum absolute atomic E-state index is 13.0. The summed E-state index contributed by atoms with van der Waals surface area (Å²) < 4.78 is 16.8. The molecule has 7 heteroatoms. The van der Waals surface area contributed by atoms with E-state index in [0.29, 0.717) is 37.1 Å². The first-order valence-corrected chi connectivity index (χ1v) is 10.1. The molecule has 0 saturated heterocycles. The molecule has 0 N–H and O–H groups in total. The zero-order valence-electron chi connectivity index (χ0n) is 16.6. The Balaban J connectivity index is 1.72. The number of carbonyl (C=O) groups is 1. The van der Waals surface area contributed by atoms with E-state index in [1.54, 1.807) is 20.3 Å². The number of amides is 1. The van der Waals surface area contributed by atoms with Crippen LogP contribution in [-0.4, -0.2) is 43.2 Å². The molecule has 150 valence electrons. The van der Waals surface area contributed by atoms with Crippen LogP contribution in [0.25, 0.3) is 11.3 Å². The number of ether oxygens (including phenoxy) is 3. The van der Waals surface area contributed by atoms with Crippen molar-refractivity contribution >= 4 is 17.2 Å². The summed E-state index contributed by atoms with van der Waals surface area (Å²) in [5.41, 5.74) is 2.54. The molecule has 1 amide bonds. The summed E-state index contributed by atoms with van der Waals surface area (Å²) in [6.45, 7) is 3.37. The quantitative estimate of drug-likeness (QED) is 0.646. The maximum Gasteiger partial charge on any atom is 0.264 e. The fourth-order valence-corrected chi connectivity index (χ4v) is 4.19. The van der Waals surface area contributed by atoms with Crippen LogP contribution in [0, 0.1) is 6.92 Å². The molecule has 0 radical (unpaired) electrons. The molecule has 1 aliphatic heterocycles. The minimum atomic E-state index is 0.0171. The second-order valence-electron chi connectivity index (χ2n) is 6.72. The van der Waals surface area contributed by atoms with Gasteiger partial charge in [-0.1, -0.05) is 6.07 Å². The van der Waals surface area contributed by atoms with Gasteiger partial charge in [0.05, 0.1) is 31.3 Å². The molecule has 0 bridgehead atoms. The summed E-state index contributed by atoms with van der Waals surface area (Å²) in [4.78, 5) is 21.2. The Morgan fingerprint density at radius 2 is 2.03 bits per heavy atom. The number of carbonyl (C=O) groups excluding carboxylic acids is 1. The van der Waals surface area contributed by atoms with E-state index < -0.39 is 0 Å². The minimum absolute atomic E-state index is 0.0171. The first kappa shape index (κ1) is 19.3. The summed E-state index contributed by atoms with van der Waals surface area (Å²) in [7, 11) is 3.21. The Bertz CT molecular complexity index is 1050. The Morgan fingerprint density at radius 3 is 2.76 bits per heavy atom. The van der Waals surface area contributed by atoms with Crippen LogP contribution in [0.3, 0.4) is 0 Å². The standard InChI is InChI=1S/C22H22N2O4S/c1-14-7-8-19(29-14)22(25)24-9-10-28-21-16(13-24)11-15(12-18(21)26-2)17-5-4-6-20(23-17)27-3/h4-8,11-12H,9-10,13H2,1-3H3. The molecule has 1 aromatic carbocycles. The number of thiophene rings is 1. The number of pyridine rings is 1. The van der Waals surface area contributed by atoms with Crippen molar-refractivity contribution in [2.75, 3.05) is 27.4 Å². The van der Waals surface area contributed by atoms with Gasteiger partial charge in [0.25, 0.3) is 5.91 Å². The zero-order chi connectivity index (χ0) is 20.4. The number of methoxy groups -OCH3 is 2. The summed E-state index contributed by atoms with van der Waals surface area (Å²) in [6.07, 6.45) is 0. The van der Waals surface area contributed by atoms with Gasteiger partial charge in [-0.2, -0.15) is 0 Å². The van der Waals surface area contributed by atoms with Crippen molar-refractivity contribution in [1.29, 1.82) is 0 Å². The second kappa shape index (κ2) is 8.13. The molecule has 0 spiro atoms. The van der Waals surface area contributed by atoms with Crippen molar-refractivity contribution in [3.05, 3.63) is 57.8 Å². The molecular formula is C22H22N2O4S. The summed E-state index contributed by atoms with van der Waals surface area (Å²) >= 11 is 1.51. The van der Waals surface area contributed by atoms with E-state index in [9.17, 15) is 4.79 Å². The largest absolute Gasteiger partial charge is 0.493 e. The van der Waals surface area contributed by atoms with Crippen molar-refractivity contribution in [2.45, 2.75) is 13.5 Å². The molecule has 0 unspecified atom stereocenters. The van der Waals surface area contributed by atoms with E-state index in [1.807, 2.05) is 48.2 Å². The lowest BCUT2D eigenvalue weighted by atomic mass is 10.0. The van der Waals surface area contributed by atoms with Crippen LogP contribution in [0.4, 0.5) is 0 Å². The lowest BCUT2D eigenvalue weighted by Crippen LogP contribution is -2.31. The number of hydrogen-bond acceptors (Lipinski definition) is 6. The molecule has 0 aliphatic carbocycles. The van der Waals surface area contributed by atoms with Gasteiger partial charge in [0, 0.05) is 28.6 Å². The molecule has 0 atom stereocenters. The van der Waals surface area contributed by atoms with Gasteiger partial charge in [-0.05, 0) is 37.3 Å². The van der Waals surface area contributed by atoms with Crippen LogP contribution < -0.4 is 14.2 Å². The molecule has 4 rings (SSSR count). The highest BCUT2D eigenvalue weighted by molar-refractivity contribution is 7.13. The number of hydrogen-bond donors (Lipinski definition) is 0. The third kappa shape index (κ3) is 3.91. The normalized spacial score (nSPS) is 13.3. The molecule has 0 fully saturated rings. The lowest BCUT2D eigenvalue weighted by Gasteiger charge is -2.19. The van der Waals surface area contributed by atoms with Crippen LogP contribution in [0.1, 0.15) is 20.1 Å². The lowest BCUT2D eigenvalue weighted by molar-refractivity contribution is 0.0738. The molecule has 3 aromatic rings. The monoisotopic (exact) mass is 410 g/mol. The number of nitrogens with zero attached hydrogens (tertiary/aromatic N) is 2. The van der Waals surface area contributed by atoms with E-state index in [-0.39, 0.29) is 5.91 Å². The highest BCUT2D eigenvalue weighted by Gasteiger charge is 2.25. The van der Waals surface area contributed by atoms with Crippen LogP contribution >= 0.6 is 11.3 Å². The van der Waals surface area contributed by atoms with E-state index >= 15 is 0 Å². The van der Waals surface area contributed by atoms with Crippen LogP contribution in [0.2, 0.25) is 0 Å². The smallest absolute Gasteiger partial charge is 0.264 e. The zero-order valence-corrected chi connectivity index (χ0v) is 17.4. The van der Waals surface area contributed by atoms with Gasteiger partial charge in [0.1, 0.15) is 6.61 Å². The Morgan fingerprint density at radius 1 is 1.17 bits per heavy atom. The first-order chi connectivity index (χ1) is 14.1. The highest BCUT2D eigenvalue weighted by atomic mass is 32.1. The molecule has 0 saturated carbocycles. The van der Waals surface area contributed by atoms with Gasteiger partial charge < -0.3 is 19.1 Å². The van der Waals surface area contributed by atoms with Gasteiger partial charge >= 0.3 is 0 Å². The van der Waals surface area contributed by atoms with E-state index in [1.165, 1.54) is 11.3 Å². The minimum Gasteiger partial charge on any atom is -0.493 e. The Hall–Kier alpha value is -3.06. The summed E-state index contributed by atoms with van der Waals surface area (Å²) in [5, 5.41) is 0. The molecule has 2 aromatic heterocycles. The Labute approximate surface area is 173 Å². The first-order valence-electron chi connectivity index (χ1n) is 9.30. The Kier molecular flexibility index (Phi) is 5.40. The molecule has 3 heterocycles. The number of benzene rings is 1. The van der Waals surface area contributed by atoms with Crippen molar-refractivity contribution < 1.29 is 19.0 Å². The number of aryl methyl sites for hydroxylation is 1. The average molecular weight is 410 g/mol. The van der Waals surface area contributed by atoms with Crippen molar-refractivity contribution in [2.24, 2.45) is 0 Å². The third-order valence-corrected chi connectivity index (χ3v) is 5.78. The number of fused-ring (bicyclic) bond motifs is 1. The van der Waals surface area contributed by atoms with E-state index in [0.717, 1.165) is 26.6 Å². The molecule has 6 nitrogen and oxygen atoms in total. The van der Waals surface area contributed by atoms with Gasteiger partial charge in [-0.25, -0.2) is 4.98 Å². The van der Waals surface area contributed by atoms with Crippen molar-refractivity contribution in [3.8, 4) is 28.6 Å². The van der Waals surface area contributed by atoms with Crippen LogP contribution in [0.15, 0.2) is 42.5 Å². The fourth-order valence-electron chi connectivity index (χ4n) is 3.35. The summed E-state index contributed by atoms with van der Waals surface area (Å²) in [6, 6.07) is 13.4. The molecule has 1 aliphatic rings. The van der Waals surface area contributed by atoms with Crippen LogP contribution in [-0.2, 0) is 6.54 Å². The second-order valence-corrected chi connectivity index (χ2v) is 8.01. The van der Waals surface area contributed by atoms with Crippen molar-refractivity contribution in [1.82, 2.24) is 9.88 Å². The molecule has 29 heavy (non-hydrogen) atoms. The highest BCUT2D eigenvalue weighted by Crippen LogP contribution is 2.38. The number of aromatic nitrogens is 1. The fraction of sp³-hybridized carbons (Fsp3) is 0.273. The predicted octanol–water partition coefficient (Wildman–Crippen LogP) is 4.17. The predicted molar refractivity (Wildman–Crippen MR) is 112 cm³/mol. The average Bonchev–Trinajstić information content (AvgIpc) is 3.07. The van der Waals surface area contributed by atoms with E-state index in [2.05, 4.69) is 4.98 Å². The number of rotatable bonds is 4. The van der Waals surface area contributed by atoms with Gasteiger partial charge in [-0.15, -0.1) is 11.3 Å².